The number of rotatable bonds is 6. The third-order valence-corrected chi connectivity index (χ3v) is 4.02. The third-order valence-electron chi connectivity index (χ3n) is 4.02. The molecule has 0 bridgehead atoms. The van der Waals surface area contributed by atoms with Crippen LogP contribution in [0.4, 0.5) is 0 Å². The minimum Gasteiger partial charge on any atom is -0.377 e. The second-order valence-corrected chi connectivity index (χ2v) is 4.83. The molecule has 1 heterocycles. The van der Waals surface area contributed by atoms with E-state index in [1.165, 1.54) is 6.42 Å². The Morgan fingerprint density at radius 2 is 2.41 bits per heavy atom. The first kappa shape index (κ1) is 12.5. The third kappa shape index (κ3) is 2.36. The Morgan fingerprint density at radius 3 is 2.82 bits per heavy atom. The largest absolute Gasteiger partial charge is 0.377 e. The second-order valence-electron chi connectivity index (χ2n) is 4.83. The summed E-state index contributed by atoms with van der Waals surface area (Å²) >= 11 is 0. The zero-order chi connectivity index (χ0) is 12.3. The van der Waals surface area contributed by atoms with Crippen molar-refractivity contribution >= 4 is 0 Å². The van der Waals surface area contributed by atoms with Gasteiger partial charge in [-0.3, -0.25) is 11.3 Å². The van der Waals surface area contributed by atoms with Crippen molar-refractivity contribution in [3.05, 3.63) is 18.2 Å². The first-order valence-corrected chi connectivity index (χ1v) is 6.19. The van der Waals surface area contributed by atoms with Gasteiger partial charge in [-0.1, -0.05) is 0 Å². The zero-order valence-electron chi connectivity index (χ0n) is 10.6. The van der Waals surface area contributed by atoms with Gasteiger partial charge < -0.3 is 9.30 Å². The molecule has 1 fully saturated rings. The summed E-state index contributed by atoms with van der Waals surface area (Å²) in [5.41, 5.74) is 2.86. The fourth-order valence-electron chi connectivity index (χ4n) is 2.63. The number of hydrazine groups is 1. The Kier molecular flexibility index (Phi) is 3.81. The van der Waals surface area contributed by atoms with E-state index >= 15 is 0 Å². The molecule has 1 unspecified atom stereocenters. The molecule has 1 aliphatic rings. The predicted molar refractivity (Wildman–Crippen MR) is 66.2 cm³/mol. The molecule has 1 aromatic heterocycles. The molecule has 0 amide bonds. The van der Waals surface area contributed by atoms with Gasteiger partial charge in [-0.25, -0.2) is 4.98 Å². The first-order chi connectivity index (χ1) is 8.22. The molecule has 3 N–H and O–H groups in total. The maximum absolute atomic E-state index is 5.66. The van der Waals surface area contributed by atoms with Crippen LogP contribution in [0.3, 0.4) is 0 Å². The summed E-state index contributed by atoms with van der Waals surface area (Å²) in [6.07, 6.45) is 9.09. The minimum atomic E-state index is -0.0556. The van der Waals surface area contributed by atoms with Crippen molar-refractivity contribution in [2.75, 3.05) is 7.11 Å². The number of nitrogens with two attached hydrogens (primary N) is 1. The van der Waals surface area contributed by atoms with Gasteiger partial charge >= 0.3 is 0 Å². The number of aromatic nitrogens is 2. The number of ether oxygens (including phenoxy) is 1. The SMILES string of the molecule is COC1(C(CCc2nccn2C)NN)CCC1. The van der Waals surface area contributed by atoms with Gasteiger partial charge in [0.15, 0.2) is 0 Å². The molecule has 1 atom stereocenters. The highest BCUT2D eigenvalue weighted by Gasteiger charge is 2.43. The van der Waals surface area contributed by atoms with E-state index < -0.39 is 0 Å². The average molecular weight is 238 g/mol. The lowest BCUT2D eigenvalue weighted by Gasteiger charge is -2.46. The molecule has 0 spiro atoms. The quantitative estimate of drug-likeness (QED) is 0.567. The average Bonchev–Trinajstić information content (AvgIpc) is 2.68. The lowest BCUT2D eigenvalue weighted by molar-refractivity contribution is -0.1000. The van der Waals surface area contributed by atoms with E-state index in [0.29, 0.717) is 0 Å². The van der Waals surface area contributed by atoms with Crippen LogP contribution < -0.4 is 11.3 Å². The summed E-state index contributed by atoms with van der Waals surface area (Å²) in [6, 6.07) is 0.206. The lowest BCUT2D eigenvalue weighted by Crippen LogP contribution is -2.58. The van der Waals surface area contributed by atoms with Crippen molar-refractivity contribution in [2.24, 2.45) is 12.9 Å². The molecular formula is C12H22N4O. The van der Waals surface area contributed by atoms with Gasteiger partial charge in [0.05, 0.1) is 11.6 Å². The van der Waals surface area contributed by atoms with Crippen molar-refractivity contribution in [1.82, 2.24) is 15.0 Å². The van der Waals surface area contributed by atoms with E-state index in [9.17, 15) is 0 Å². The Morgan fingerprint density at radius 1 is 1.65 bits per heavy atom. The van der Waals surface area contributed by atoms with Gasteiger partial charge in [0.1, 0.15) is 5.82 Å². The number of aryl methyl sites for hydroxylation is 2. The van der Waals surface area contributed by atoms with Crippen LogP contribution in [0.25, 0.3) is 0 Å². The van der Waals surface area contributed by atoms with Gasteiger partial charge in [-0.05, 0) is 25.7 Å². The van der Waals surface area contributed by atoms with Crippen LogP contribution in [0.1, 0.15) is 31.5 Å². The minimum absolute atomic E-state index is 0.0556. The van der Waals surface area contributed by atoms with Crippen LogP contribution in [-0.4, -0.2) is 28.3 Å². The summed E-state index contributed by atoms with van der Waals surface area (Å²) in [4.78, 5) is 4.33. The topological polar surface area (TPSA) is 65.1 Å². The fraction of sp³-hybridized carbons (Fsp3) is 0.750. The molecule has 5 nitrogen and oxygen atoms in total. The van der Waals surface area contributed by atoms with Crippen molar-refractivity contribution in [1.29, 1.82) is 0 Å². The molecule has 0 aromatic carbocycles. The van der Waals surface area contributed by atoms with Crippen LogP contribution in [0.2, 0.25) is 0 Å². The van der Waals surface area contributed by atoms with Crippen LogP contribution in [0.5, 0.6) is 0 Å². The molecule has 17 heavy (non-hydrogen) atoms. The summed E-state index contributed by atoms with van der Waals surface area (Å²) in [5, 5.41) is 0. The summed E-state index contributed by atoms with van der Waals surface area (Å²) in [7, 11) is 3.80. The molecule has 1 saturated carbocycles. The maximum atomic E-state index is 5.66. The first-order valence-electron chi connectivity index (χ1n) is 6.19. The highest BCUT2D eigenvalue weighted by atomic mass is 16.5. The van der Waals surface area contributed by atoms with Crippen LogP contribution in [0, 0.1) is 0 Å². The summed E-state index contributed by atoms with van der Waals surface area (Å²) in [6.45, 7) is 0. The normalized spacial score (nSPS) is 19.9. The smallest absolute Gasteiger partial charge is 0.108 e. The monoisotopic (exact) mass is 238 g/mol. The van der Waals surface area contributed by atoms with E-state index in [2.05, 4.69) is 10.4 Å². The van der Waals surface area contributed by atoms with Gasteiger partial charge in [0.2, 0.25) is 0 Å². The van der Waals surface area contributed by atoms with Crippen molar-refractivity contribution in [2.45, 2.75) is 43.7 Å². The van der Waals surface area contributed by atoms with E-state index in [4.69, 9.17) is 10.6 Å². The van der Waals surface area contributed by atoms with Crippen molar-refractivity contribution < 1.29 is 4.74 Å². The lowest BCUT2D eigenvalue weighted by atomic mass is 9.73. The maximum Gasteiger partial charge on any atom is 0.108 e. The molecule has 1 aliphatic carbocycles. The summed E-state index contributed by atoms with van der Waals surface area (Å²) in [5.74, 6) is 6.76. The number of methoxy groups -OCH3 is 1. The Labute approximate surface area is 102 Å². The zero-order valence-corrected chi connectivity index (χ0v) is 10.6. The standard InChI is InChI=1S/C12H22N4O/c1-16-9-8-14-11(16)5-4-10(15-13)12(17-2)6-3-7-12/h8-10,15H,3-7,13H2,1-2H3. The van der Waals surface area contributed by atoms with Gasteiger partial charge in [0.25, 0.3) is 0 Å². The molecule has 2 rings (SSSR count). The number of nitrogens with one attached hydrogen (secondary N) is 1. The fourth-order valence-corrected chi connectivity index (χ4v) is 2.63. The molecule has 0 saturated heterocycles. The highest BCUT2D eigenvalue weighted by Crippen LogP contribution is 2.39. The molecule has 1 aromatic rings. The number of hydrogen-bond donors (Lipinski definition) is 2. The van der Waals surface area contributed by atoms with Gasteiger partial charge in [-0.15, -0.1) is 0 Å². The molecule has 5 heteroatoms. The highest BCUT2D eigenvalue weighted by molar-refractivity contribution is 5.01. The molecule has 96 valence electrons. The Hall–Kier alpha value is -0.910. The van der Waals surface area contributed by atoms with E-state index in [-0.39, 0.29) is 11.6 Å². The van der Waals surface area contributed by atoms with Crippen LogP contribution >= 0.6 is 0 Å². The second kappa shape index (κ2) is 5.16. The van der Waals surface area contributed by atoms with E-state index in [1.54, 1.807) is 7.11 Å². The Balaban J connectivity index is 1.94. The van der Waals surface area contributed by atoms with Crippen LogP contribution in [0.15, 0.2) is 12.4 Å². The van der Waals surface area contributed by atoms with Gasteiger partial charge in [0, 0.05) is 33.0 Å². The predicted octanol–water partition coefficient (Wildman–Crippen LogP) is 0.754. The number of nitrogens with zero attached hydrogens (tertiary/aromatic N) is 2. The van der Waals surface area contributed by atoms with E-state index in [0.717, 1.165) is 31.5 Å². The van der Waals surface area contributed by atoms with Crippen LogP contribution in [-0.2, 0) is 18.2 Å². The molecular weight excluding hydrogens is 216 g/mol. The molecule has 0 aliphatic heterocycles. The van der Waals surface area contributed by atoms with E-state index in [1.807, 2.05) is 24.0 Å². The van der Waals surface area contributed by atoms with Gasteiger partial charge in [-0.2, -0.15) is 0 Å². The summed E-state index contributed by atoms with van der Waals surface area (Å²) < 4.78 is 7.71. The Bertz CT molecular complexity index is 354. The number of imidazole rings is 1. The van der Waals surface area contributed by atoms with Crippen molar-refractivity contribution in [3.63, 3.8) is 0 Å². The van der Waals surface area contributed by atoms with Crippen molar-refractivity contribution in [3.8, 4) is 0 Å². The molecule has 0 radical (unpaired) electrons. The number of hydrogen-bond acceptors (Lipinski definition) is 4.